The van der Waals surface area contributed by atoms with Crippen molar-refractivity contribution in [2.75, 3.05) is 12.4 Å². The van der Waals surface area contributed by atoms with Gasteiger partial charge in [-0.2, -0.15) is 0 Å². The summed E-state index contributed by atoms with van der Waals surface area (Å²) >= 11 is 1.39. The Kier molecular flexibility index (Phi) is 4.36. The minimum atomic E-state index is -1.22. The number of esters is 1. The van der Waals surface area contributed by atoms with Crippen molar-refractivity contribution in [1.29, 1.82) is 0 Å². The van der Waals surface area contributed by atoms with E-state index < -0.39 is 17.9 Å². The summed E-state index contributed by atoms with van der Waals surface area (Å²) in [7, 11) is 0. The molecule has 0 aromatic carbocycles. The van der Waals surface area contributed by atoms with Crippen LogP contribution in [0, 0.1) is 5.92 Å². The van der Waals surface area contributed by atoms with Crippen LogP contribution in [-0.2, 0) is 23.9 Å². The molecule has 2 atom stereocenters. The van der Waals surface area contributed by atoms with E-state index in [2.05, 4.69) is 0 Å². The molecule has 1 N–H and O–H groups in total. The second-order valence-electron chi connectivity index (χ2n) is 4.96. The molecule has 21 heavy (non-hydrogen) atoms. The van der Waals surface area contributed by atoms with E-state index >= 15 is 0 Å². The Bertz CT molecular complexity index is 555. The van der Waals surface area contributed by atoms with Crippen LogP contribution < -0.4 is 0 Å². The molecule has 1 amide bonds. The largest absolute Gasteiger partial charge is 0.477 e. The number of ether oxygens (including phenoxy) is 1. The van der Waals surface area contributed by atoms with E-state index in [1.165, 1.54) is 30.5 Å². The number of amides is 1. The summed E-state index contributed by atoms with van der Waals surface area (Å²) < 4.78 is 4.83. The molecule has 1 fully saturated rings. The molecule has 2 heterocycles. The number of nitrogens with zero attached hydrogens (tertiary/aromatic N) is 1. The molecule has 0 unspecified atom stereocenters. The third-order valence-electron chi connectivity index (χ3n) is 3.32. The van der Waals surface area contributed by atoms with Crippen LogP contribution in [0.15, 0.2) is 11.3 Å². The maximum atomic E-state index is 12.1. The van der Waals surface area contributed by atoms with Gasteiger partial charge in [-0.15, -0.1) is 11.8 Å². The lowest BCUT2D eigenvalue weighted by Gasteiger charge is -2.49. The first-order chi connectivity index (χ1) is 9.82. The highest BCUT2D eigenvalue weighted by molar-refractivity contribution is 8.00. The Morgan fingerprint density at radius 2 is 2.05 bits per heavy atom. The van der Waals surface area contributed by atoms with E-state index in [1.807, 2.05) is 0 Å². The number of carboxylic acid groups (broad SMARTS) is 1. The van der Waals surface area contributed by atoms with Crippen molar-refractivity contribution in [2.45, 2.75) is 25.6 Å². The van der Waals surface area contributed by atoms with Gasteiger partial charge >= 0.3 is 11.9 Å². The standard InChI is InChI=1S/C13H15NO6S/c1-6(15)3-9-11(17)14-10(13(18)19)8(4-20-7(2)16)5-21-12(9)14/h9,12H,3-5H2,1-2H3,(H,18,19)/t9-,12-/m1/s1. The zero-order chi connectivity index (χ0) is 15.7. The Labute approximate surface area is 125 Å². The van der Waals surface area contributed by atoms with Crippen LogP contribution in [0.25, 0.3) is 0 Å². The van der Waals surface area contributed by atoms with Crippen LogP contribution in [-0.4, -0.2) is 51.4 Å². The van der Waals surface area contributed by atoms with Crippen LogP contribution in [0.3, 0.4) is 0 Å². The van der Waals surface area contributed by atoms with Gasteiger partial charge in [0.05, 0.1) is 11.3 Å². The molecular weight excluding hydrogens is 298 g/mol. The first kappa shape index (κ1) is 15.6. The van der Waals surface area contributed by atoms with Gasteiger partial charge in [0.15, 0.2) is 0 Å². The third-order valence-corrected chi connectivity index (χ3v) is 4.71. The smallest absolute Gasteiger partial charge is 0.352 e. The van der Waals surface area contributed by atoms with Gasteiger partial charge in [0.1, 0.15) is 18.1 Å². The molecule has 114 valence electrons. The summed E-state index contributed by atoms with van der Waals surface area (Å²) in [5, 5.41) is 8.99. The molecule has 2 aliphatic rings. The molecule has 7 nitrogen and oxygen atoms in total. The first-order valence-corrected chi connectivity index (χ1v) is 7.40. The van der Waals surface area contributed by atoms with Gasteiger partial charge in [0.2, 0.25) is 5.91 Å². The summed E-state index contributed by atoms with van der Waals surface area (Å²) in [6, 6.07) is 0. The van der Waals surface area contributed by atoms with E-state index in [9.17, 15) is 24.3 Å². The normalized spacial score (nSPS) is 24.3. The van der Waals surface area contributed by atoms with Crippen molar-refractivity contribution in [3.05, 3.63) is 11.3 Å². The van der Waals surface area contributed by atoms with E-state index in [4.69, 9.17) is 4.74 Å². The molecule has 8 heteroatoms. The molecule has 2 rings (SSSR count). The van der Waals surface area contributed by atoms with Crippen molar-refractivity contribution in [1.82, 2.24) is 4.90 Å². The van der Waals surface area contributed by atoms with Gasteiger partial charge in [-0.1, -0.05) is 0 Å². The molecule has 0 bridgehead atoms. The summed E-state index contributed by atoms with van der Waals surface area (Å²) in [5.74, 6) is -2.30. The van der Waals surface area contributed by atoms with E-state index in [0.29, 0.717) is 11.3 Å². The number of carbonyl (C=O) groups is 4. The van der Waals surface area contributed by atoms with Crippen molar-refractivity contribution >= 4 is 35.4 Å². The maximum absolute atomic E-state index is 12.1. The highest BCUT2D eigenvalue weighted by atomic mass is 32.2. The van der Waals surface area contributed by atoms with Crippen molar-refractivity contribution < 1.29 is 29.0 Å². The summed E-state index contributed by atoms with van der Waals surface area (Å²) in [6.45, 7) is 2.50. The second-order valence-corrected chi connectivity index (χ2v) is 6.07. The average molecular weight is 313 g/mol. The summed E-state index contributed by atoms with van der Waals surface area (Å²) in [5.41, 5.74) is 0.276. The van der Waals surface area contributed by atoms with E-state index in [0.717, 1.165) is 0 Å². The Morgan fingerprint density at radius 1 is 1.38 bits per heavy atom. The average Bonchev–Trinajstić information content (AvgIpc) is 2.40. The number of carboxylic acids is 1. The Hall–Kier alpha value is -1.83. The minimum absolute atomic E-state index is 0.0971. The van der Waals surface area contributed by atoms with Crippen LogP contribution in [0.4, 0.5) is 0 Å². The molecule has 2 aliphatic heterocycles. The number of Topliss-reactive ketones (excluding diaryl/α,β-unsaturated/α-hetero) is 1. The van der Waals surface area contributed by atoms with Gasteiger partial charge in [-0.3, -0.25) is 14.5 Å². The molecule has 0 saturated carbocycles. The molecule has 0 aliphatic carbocycles. The number of aliphatic carboxylic acids is 1. The topological polar surface area (TPSA) is 101 Å². The first-order valence-electron chi connectivity index (χ1n) is 6.35. The summed E-state index contributed by atoms with van der Waals surface area (Å²) in [6.07, 6.45) is 0.124. The summed E-state index contributed by atoms with van der Waals surface area (Å²) in [4.78, 5) is 46.7. The predicted molar refractivity (Wildman–Crippen MR) is 73.2 cm³/mol. The lowest BCUT2D eigenvalue weighted by atomic mass is 9.91. The van der Waals surface area contributed by atoms with E-state index in [1.54, 1.807) is 0 Å². The number of thioether (sulfide) groups is 1. The number of β-lactam (4-membered cyclic amide) rings is 1. The van der Waals surface area contributed by atoms with E-state index in [-0.39, 0.29) is 35.8 Å². The fourth-order valence-electron chi connectivity index (χ4n) is 2.43. The van der Waals surface area contributed by atoms with Crippen molar-refractivity contribution in [2.24, 2.45) is 5.92 Å². The Morgan fingerprint density at radius 3 is 2.57 bits per heavy atom. The molecule has 0 aromatic rings. The third kappa shape index (κ3) is 2.94. The number of hydrogen-bond donors (Lipinski definition) is 1. The predicted octanol–water partition coefficient (Wildman–Crippen LogP) is 0.399. The number of rotatable bonds is 5. The van der Waals surface area contributed by atoms with Crippen molar-refractivity contribution in [3.63, 3.8) is 0 Å². The molecule has 0 radical (unpaired) electrons. The minimum Gasteiger partial charge on any atom is -0.477 e. The van der Waals surface area contributed by atoms with Crippen LogP contribution in [0.2, 0.25) is 0 Å². The van der Waals surface area contributed by atoms with Gasteiger partial charge in [0.25, 0.3) is 0 Å². The van der Waals surface area contributed by atoms with Gasteiger partial charge < -0.3 is 14.6 Å². The van der Waals surface area contributed by atoms with Crippen LogP contribution in [0.1, 0.15) is 20.3 Å². The monoisotopic (exact) mass is 313 g/mol. The molecule has 0 aromatic heterocycles. The number of ketones is 1. The van der Waals surface area contributed by atoms with Gasteiger partial charge in [-0.25, -0.2) is 4.79 Å². The van der Waals surface area contributed by atoms with Crippen molar-refractivity contribution in [3.8, 4) is 0 Å². The highest BCUT2D eigenvalue weighted by Gasteiger charge is 2.53. The SMILES string of the molecule is CC(=O)C[C@@H]1C(=O)N2C(C(=O)O)=C(COC(C)=O)CS[C@H]12. The zero-order valence-electron chi connectivity index (χ0n) is 11.6. The zero-order valence-corrected chi connectivity index (χ0v) is 12.4. The number of fused-ring (bicyclic) bond motifs is 1. The molecule has 0 spiro atoms. The number of hydrogen-bond acceptors (Lipinski definition) is 6. The highest BCUT2D eigenvalue weighted by Crippen LogP contribution is 2.45. The lowest BCUT2D eigenvalue weighted by Crippen LogP contribution is -2.61. The fraction of sp³-hybridized carbons (Fsp3) is 0.538. The quantitative estimate of drug-likeness (QED) is 0.579. The van der Waals surface area contributed by atoms with Gasteiger partial charge in [0, 0.05) is 24.7 Å². The molecule has 1 saturated heterocycles. The Balaban J connectivity index is 2.22. The number of carbonyl (C=O) groups excluding carboxylic acids is 3. The van der Waals surface area contributed by atoms with Gasteiger partial charge in [-0.05, 0) is 6.92 Å². The second kappa shape index (κ2) is 5.88. The maximum Gasteiger partial charge on any atom is 0.352 e. The lowest BCUT2D eigenvalue weighted by molar-refractivity contribution is -0.154. The van der Waals surface area contributed by atoms with Crippen LogP contribution >= 0.6 is 11.8 Å². The van der Waals surface area contributed by atoms with Crippen LogP contribution in [0.5, 0.6) is 0 Å². The fourth-order valence-corrected chi connectivity index (χ4v) is 3.82. The molecular formula is C13H15NO6S.